The molecule has 0 bridgehead atoms. The molecule has 1 amide bonds. The van der Waals surface area contributed by atoms with Crippen LogP contribution in [0.25, 0.3) is 5.82 Å². The second-order valence-corrected chi connectivity index (χ2v) is 7.14. The first-order valence-corrected chi connectivity index (χ1v) is 9.57. The first-order valence-electron chi connectivity index (χ1n) is 8.78. The Balaban J connectivity index is 1.40. The predicted octanol–water partition coefficient (Wildman–Crippen LogP) is 4.78. The Labute approximate surface area is 175 Å². The molecule has 0 aliphatic carbocycles. The van der Waals surface area contributed by atoms with Crippen LogP contribution in [0.1, 0.15) is 16.1 Å². The van der Waals surface area contributed by atoms with E-state index in [1.165, 1.54) is 0 Å². The normalized spacial score (nSPS) is 10.6. The molecule has 2 aromatic heterocycles. The molecule has 0 atom stereocenters. The molecule has 0 aliphatic rings. The molecule has 4 aromatic rings. The summed E-state index contributed by atoms with van der Waals surface area (Å²) in [6, 6.07) is 19.6. The zero-order valence-electron chi connectivity index (χ0n) is 15.4. The van der Waals surface area contributed by atoms with Crippen molar-refractivity contribution in [2.24, 2.45) is 0 Å². The Morgan fingerprint density at radius 1 is 1.03 bits per heavy atom. The van der Waals surface area contributed by atoms with Crippen LogP contribution in [0.3, 0.4) is 0 Å². The topological polar surface area (TPSA) is 81.9 Å². The SMILES string of the molecule is Cc1ccn(-c2ccc(Oc3ccc(NC(=O)c4cccc(Br)c4)cc3)nn2)n1. The maximum Gasteiger partial charge on any atom is 0.255 e. The van der Waals surface area contributed by atoms with Crippen molar-refractivity contribution >= 4 is 27.5 Å². The Kier molecular flexibility index (Phi) is 5.35. The van der Waals surface area contributed by atoms with Crippen molar-refractivity contribution in [1.82, 2.24) is 20.0 Å². The molecule has 29 heavy (non-hydrogen) atoms. The van der Waals surface area contributed by atoms with Gasteiger partial charge in [-0.25, -0.2) is 4.68 Å². The highest BCUT2D eigenvalue weighted by Gasteiger charge is 2.07. The molecule has 2 heterocycles. The molecule has 8 heteroatoms. The molecule has 7 nitrogen and oxygen atoms in total. The number of hydrogen-bond donors (Lipinski definition) is 1. The molecule has 0 aliphatic heterocycles. The number of halogens is 1. The summed E-state index contributed by atoms with van der Waals surface area (Å²) in [6.07, 6.45) is 1.82. The molecule has 1 N–H and O–H groups in total. The number of carbonyl (C=O) groups is 1. The van der Waals surface area contributed by atoms with Crippen LogP contribution in [-0.2, 0) is 0 Å². The number of nitrogens with zero attached hydrogens (tertiary/aromatic N) is 4. The number of anilines is 1. The van der Waals surface area contributed by atoms with Crippen molar-refractivity contribution in [2.75, 3.05) is 5.32 Å². The lowest BCUT2D eigenvalue weighted by atomic mass is 10.2. The van der Waals surface area contributed by atoms with Gasteiger partial charge in [-0.05, 0) is 61.5 Å². The van der Waals surface area contributed by atoms with Crippen LogP contribution in [0.15, 0.2) is 77.4 Å². The Bertz CT molecular complexity index is 1140. The highest BCUT2D eigenvalue weighted by Crippen LogP contribution is 2.22. The van der Waals surface area contributed by atoms with Crippen molar-refractivity contribution in [1.29, 1.82) is 0 Å². The van der Waals surface area contributed by atoms with Gasteiger partial charge in [-0.2, -0.15) is 5.10 Å². The van der Waals surface area contributed by atoms with Crippen LogP contribution in [0, 0.1) is 6.92 Å². The fraction of sp³-hybridized carbons (Fsp3) is 0.0476. The van der Waals surface area contributed by atoms with Gasteiger partial charge in [0.1, 0.15) is 5.75 Å². The van der Waals surface area contributed by atoms with Crippen molar-refractivity contribution < 1.29 is 9.53 Å². The fourth-order valence-electron chi connectivity index (χ4n) is 2.59. The number of benzene rings is 2. The molecule has 2 aromatic carbocycles. The zero-order chi connectivity index (χ0) is 20.2. The van der Waals surface area contributed by atoms with Gasteiger partial charge in [0, 0.05) is 28.0 Å². The van der Waals surface area contributed by atoms with Crippen LogP contribution < -0.4 is 10.1 Å². The van der Waals surface area contributed by atoms with E-state index in [-0.39, 0.29) is 5.91 Å². The second kappa shape index (κ2) is 8.24. The summed E-state index contributed by atoms with van der Waals surface area (Å²) in [6.45, 7) is 1.91. The van der Waals surface area contributed by atoms with E-state index in [1.807, 2.05) is 31.3 Å². The minimum absolute atomic E-state index is 0.185. The summed E-state index contributed by atoms with van der Waals surface area (Å²) in [4.78, 5) is 12.3. The number of ether oxygens (including phenoxy) is 1. The molecule has 0 saturated heterocycles. The summed E-state index contributed by atoms with van der Waals surface area (Å²) >= 11 is 3.36. The second-order valence-electron chi connectivity index (χ2n) is 6.22. The van der Waals surface area contributed by atoms with Crippen molar-refractivity contribution in [3.63, 3.8) is 0 Å². The largest absolute Gasteiger partial charge is 0.438 e. The van der Waals surface area contributed by atoms with Gasteiger partial charge >= 0.3 is 0 Å². The zero-order valence-corrected chi connectivity index (χ0v) is 17.0. The van der Waals surface area contributed by atoms with E-state index in [0.717, 1.165) is 10.2 Å². The molecule has 0 radical (unpaired) electrons. The van der Waals surface area contributed by atoms with Crippen LogP contribution >= 0.6 is 15.9 Å². The average Bonchev–Trinajstić information content (AvgIpc) is 3.16. The standard InChI is InChI=1S/C21H16BrN5O2/c1-14-11-12-27(26-14)19-9-10-20(25-24-19)29-18-7-5-17(6-8-18)23-21(28)15-3-2-4-16(22)13-15/h2-13H,1H3,(H,23,28). The highest BCUT2D eigenvalue weighted by molar-refractivity contribution is 9.10. The number of rotatable bonds is 5. The summed E-state index contributed by atoms with van der Waals surface area (Å²) in [7, 11) is 0. The highest BCUT2D eigenvalue weighted by atomic mass is 79.9. The summed E-state index contributed by atoms with van der Waals surface area (Å²) in [5, 5.41) is 15.3. The number of aryl methyl sites for hydroxylation is 1. The molecule has 0 fully saturated rings. The number of carbonyl (C=O) groups excluding carboxylic acids is 1. The summed E-state index contributed by atoms with van der Waals surface area (Å²) in [5.41, 5.74) is 2.14. The van der Waals surface area contributed by atoms with Gasteiger partial charge in [-0.15, -0.1) is 10.2 Å². The van der Waals surface area contributed by atoms with Gasteiger partial charge in [0.25, 0.3) is 5.91 Å². The average molecular weight is 450 g/mol. The van der Waals surface area contributed by atoms with Crippen molar-refractivity contribution in [3.05, 3.63) is 88.7 Å². The number of hydrogen-bond acceptors (Lipinski definition) is 5. The van der Waals surface area contributed by atoms with Crippen LogP contribution in [0.4, 0.5) is 5.69 Å². The van der Waals surface area contributed by atoms with Crippen LogP contribution in [-0.4, -0.2) is 25.9 Å². The van der Waals surface area contributed by atoms with Gasteiger partial charge in [-0.1, -0.05) is 22.0 Å². The molecule has 4 rings (SSSR count). The number of aromatic nitrogens is 4. The number of nitrogens with one attached hydrogen (secondary N) is 1. The van der Waals surface area contributed by atoms with Gasteiger partial charge < -0.3 is 10.1 Å². The lowest BCUT2D eigenvalue weighted by molar-refractivity contribution is 0.102. The van der Waals surface area contributed by atoms with Gasteiger partial charge in [0.05, 0.1) is 5.69 Å². The number of amides is 1. The predicted molar refractivity (Wildman–Crippen MR) is 113 cm³/mol. The lowest BCUT2D eigenvalue weighted by Gasteiger charge is -2.08. The molecular weight excluding hydrogens is 434 g/mol. The molecule has 0 spiro atoms. The third-order valence-electron chi connectivity index (χ3n) is 4.00. The maximum atomic E-state index is 12.3. The van der Waals surface area contributed by atoms with E-state index in [4.69, 9.17) is 4.74 Å². The monoisotopic (exact) mass is 449 g/mol. The van der Waals surface area contributed by atoms with E-state index in [2.05, 4.69) is 36.5 Å². The van der Waals surface area contributed by atoms with Crippen LogP contribution in [0.2, 0.25) is 0 Å². The van der Waals surface area contributed by atoms with Gasteiger partial charge in [0.2, 0.25) is 5.88 Å². The minimum atomic E-state index is -0.185. The molecule has 144 valence electrons. The van der Waals surface area contributed by atoms with Gasteiger partial charge in [0.15, 0.2) is 5.82 Å². The molecular formula is C21H16BrN5O2. The van der Waals surface area contributed by atoms with E-state index in [1.54, 1.807) is 53.2 Å². The van der Waals surface area contributed by atoms with Crippen LogP contribution in [0.5, 0.6) is 11.6 Å². The molecule has 0 unspecified atom stereocenters. The fourth-order valence-corrected chi connectivity index (χ4v) is 2.99. The Morgan fingerprint density at radius 3 is 2.52 bits per heavy atom. The minimum Gasteiger partial charge on any atom is -0.438 e. The summed E-state index contributed by atoms with van der Waals surface area (Å²) in [5.74, 6) is 1.37. The lowest BCUT2D eigenvalue weighted by Crippen LogP contribution is -2.11. The third-order valence-corrected chi connectivity index (χ3v) is 4.50. The van der Waals surface area contributed by atoms with Crippen molar-refractivity contribution in [3.8, 4) is 17.4 Å². The van der Waals surface area contributed by atoms with E-state index < -0.39 is 0 Å². The first-order chi connectivity index (χ1) is 14.1. The smallest absolute Gasteiger partial charge is 0.255 e. The third kappa shape index (κ3) is 4.67. The van der Waals surface area contributed by atoms with E-state index in [0.29, 0.717) is 28.7 Å². The Hall–Kier alpha value is -3.52. The van der Waals surface area contributed by atoms with E-state index >= 15 is 0 Å². The van der Waals surface area contributed by atoms with Gasteiger partial charge in [-0.3, -0.25) is 4.79 Å². The summed E-state index contributed by atoms with van der Waals surface area (Å²) < 4.78 is 8.21. The molecule has 0 saturated carbocycles. The quantitative estimate of drug-likeness (QED) is 0.474. The van der Waals surface area contributed by atoms with E-state index in [9.17, 15) is 4.79 Å². The van der Waals surface area contributed by atoms with Crippen molar-refractivity contribution in [2.45, 2.75) is 6.92 Å². The first kappa shape index (κ1) is 18.8. The maximum absolute atomic E-state index is 12.3. The Morgan fingerprint density at radius 2 is 1.86 bits per heavy atom.